The molecule has 1 aromatic rings. The molecule has 8 heteroatoms. The predicted octanol–water partition coefficient (Wildman–Crippen LogP) is 3.99. The van der Waals surface area contributed by atoms with Gasteiger partial charge in [-0.3, -0.25) is 0 Å². The Balaban J connectivity index is 1.81. The summed E-state index contributed by atoms with van der Waals surface area (Å²) in [6.07, 6.45) is -1.86. The van der Waals surface area contributed by atoms with Gasteiger partial charge in [0.1, 0.15) is 12.2 Å². The molecule has 1 aliphatic rings. The van der Waals surface area contributed by atoms with Gasteiger partial charge in [0.05, 0.1) is 6.04 Å². The molecule has 0 heterocycles. The van der Waals surface area contributed by atoms with Crippen molar-refractivity contribution in [2.75, 3.05) is 0 Å². The number of hydrogen-bond donors (Lipinski definition) is 2. The second kappa shape index (κ2) is 8.54. The van der Waals surface area contributed by atoms with Crippen molar-refractivity contribution in [1.29, 1.82) is 0 Å². The van der Waals surface area contributed by atoms with Gasteiger partial charge in [0.25, 0.3) is 5.92 Å². The third-order valence-corrected chi connectivity index (χ3v) is 4.06. The molecule has 2 rings (SSSR count). The van der Waals surface area contributed by atoms with Crippen molar-refractivity contribution >= 4 is 12.2 Å². The number of ether oxygens (including phenoxy) is 2. The van der Waals surface area contributed by atoms with Crippen LogP contribution >= 0.6 is 0 Å². The van der Waals surface area contributed by atoms with E-state index in [0.717, 1.165) is 5.56 Å². The highest BCUT2D eigenvalue weighted by Gasteiger charge is 2.46. The first-order valence-electron chi connectivity index (χ1n) is 8.90. The van der Waals surface area contributed by atoms with Gasteiger partial charge in [-0.15, -0.1) is 0 Å². The molecule has 0 aromatic heterocycles. The Morgan fingerprint density at radius 1 is 1.11 bits per heavy atom. The van der Waals surface area contributed by atoms with Crippen LogP contribution < -0.4 is 10.6 Å². The highest BCUT2D eigenvalue weighted by atomic mass is 19.3. The number of nitrogens with one attached hydrogen (secondary N) is 2. The highest BCUT2D eigenvalue weighted by molar-refractivity contribution is 5.68. The lowest BCUT2D eigenvalue weighted by Crippen LogP contribution is -2.55. The van der Waals surface area contributed by atoms with E-state index < -0.39 is 42.2 Å². The van der Waals surface area contributed by atoms with Crippen molar-refractivity contribution in [3.05, 3.63) is 35.9 Å². The molecule has 1 aliphatic carbocycles. The maximum Gasteiger partial charge on any atom is 0.407 e. The topological polar surface area (TPSA) is 76.7 Å². The lowest BCUT2D eigenvalue weighted by molar-refractivity contribution is -0.0719. The monoisotopic (exact) mass is 384 g/mol. The zero-order chi connectivity index (χ0) is 20.1. The molecule has 2 N–H and O–H groups in total. The van der Waals surface area contributed by atoms with Gasteiger partial charge >= 0.3 is 12.2 Å². The first-order chi connectivity index (χ1) is 12.5. The number of carbonyl (C=O) groups excluding carboxylic acids is 2. The summed E-state index contributed by atoms with van der Waals surface area (Å²) in [5, 5.41) is 4.70. The molecule has 0 unspecified atom stereocenters. The van der Waals surface area contributed by atoms with Gasteiger partial charge in [-0.25, -0.2) is 18.4 Å². The van der Waals surface area contributed by atoms with Crippen LogP contribution in [0.1, 0.15) is 45.6 Å². The van der Waals surface area contributed by atoms with Crippen LogP contribution in [0.25, 0.3) is 0 Å². The van der Waals surface area contributed by atoms with Crippen LogP contribution in [0.5, 0.6) is 0 Å². The van der Waals surface area contributed by atoms with E-state index in [9.17, 15) is 18.4 Å². The van der Waals surface area contributed by atoms with Crippen LogP contribution in [-0.4, -0.2) is 35.8 Å². The van der Waals surface area contributed by atoms with E-state index >= 15 is 0 Å². The van der Waals surface area contributed by atoms with Gasteiger partial charge < -0.3 is 20.1 Å². The summed E-state index contributed by atoms with van der Waals surface area (Å²) < 4.78 is 38.8. The fourth-order valence-corrected chi connectivity index (χ4v) is 2.83. The van der Waals surface area contributed by atoms with E-state index in [-0.39, 0.29) is 13.0 Å². The van der Waals surface area contributed by atoms with Crippen molar-refractivity contribution < 1.29 is 27.8 Å². The number of hydrogen-bond acceptors (Lipinski definition) is 4. The lowest BCUT2D eigenvalue weighted by Gasteiger charge is -2.36. The fraction of sp³-hybridized carbons (Fsp3) is 0.579. The third-order valence-electron chi connectivity index (χ3n) is 4.06. The van der Waals surface area contributed by atoms with Crippen molar-refractivity contribution in [1.82, 2.24) is 10.6 Å². The maximum absolute atomic E-state index is 14.4. The van der Waals surface area contributed by atoms with Gasteiger partial charge in [0, 0.05) is 12.5 Å². The number of alkyl halides is 2. The van der Waals surface area contributed by atoms with Gasteiger partial charge in [-0.2, -0.15) is 0 Å². The number of halogens is 2. The maximum atomic E-state index is 14.4. The molecule has 2 atom stereocenters. The smallest absolute Gasteiger partial charge is 0.407 e. The number of rotatable bonds is 4. The third kappa shape index (κ3) is 7.03. The van der Waals surface area contributed by atoms with Crippen molar-refractivity contribution in [3.63, 3.8) is 0 Å². The average Bonchev–Trinajstić information content (AvgIpc) is 2.54. The molecule has 2 amide bonds. The molecule has 0 aliphatic heterocycles. The number of carbonyl (C=O) groups is 2. The Bertz CT molecular complexity index is 647. The Morgan fingerprint density at radius 3 is 2.37 bits per heavy atom. The molecule has 0 spiro atoms. The average molecular weight is 384 g/mol. The second-order valence-corrected chi connectivity index (χ2v) is 7.64. The quantitative estimate of drug-likeness (QED) is 0.823. The molecule has 0 bridgehead atoms. The van der Waals surface area contributed by atoms with Gasteiger partial charge in [-0.05, 0) is 39.2 Å². The lowest BCUT2D eigenvalue weighted by atomic mass is 9.88. The van der Waals surface area contributed by atoms with Crippen LogP contribution in [-0.2, 0) is 16.1 Å². The Labute approximate surface area is 157 Å². The number of benzene rings is 1. The van der Waals surface area contributed by atoms with Gasteiger partial charge in [0.15, 0.2) is 0 Å². The van der Waals surface area contributed by atoms with E-state index in [4.69, 9.17) is 9.47 Å². The minimum atomic E-state index is -3.16. The fourth-order valence-electron chi connectivity index (χ4n) is 2.83. The van der Waals surface area contributed by atoms with Gasteiger partial charge in [0.2, 0.25) is 0 Å². The molecule has 0 saturated heterocycles. The van der Waals surface area contributed by atoms with Crippen LogP contribution in [0.4, 0.5) is 18.4 Å². The first-order valence-corrected chi connectivity index (χ1v) is 8.90. The Hall–Kier alpha value is -2.38. The minimum absolute atomic E-state index is 0.00773. The standard InChI is InChI=1S/C19H26F2N2O4/c1-18(2,3)27-17(25)22-14-9-10-15(19(20,21)11-14)23-16(24)26-12-13-7-5-4-6-8-13/h4-8,14-15H,9-12H2,1-3H3,(H,22,25)(H,23,24)/t14-,15-/m1/s1. The highest BCUT2D eigenvalue weighted by Crippen LogP contribution is 2.34. The van der Waals surface area contributed by atoms with Crippen LogP contribution in [0, 0.1) is 0 Å². The van der Waals surface area contributed by atoms with Crippen LogP contribution in [0.3, 0.4) is 0 Å². The van der Waals surface area contributed by atoms with E-state index in [1.807, 2.05) is 6.07 Å². The van der Waals surface area contributed by atoms with E-state index in [1.54, 1.807) is 45.0 Å². The molecular weight excluding hydrogens is 358 g/mol. The predicted molar refractivity (Wildman–Crippen MR) is 95.5 cm³/mol. The molecule has 27 heavy (non-hydrogen) atoms. The molecule has 1 fully saturated rings. The summed E-state index contributed by atoms with van der Waals surface area (Å²) in [4.78, 5) is 23.6. The summed E-state index contributed by atoms with van der Waals surface area (Å²) in [7, 11) is 0. The first kappa shape index (κ1) is 20.9. The number of alkyl carbamates (subject to hydrolysis) is 2. The summed E-state index contributed by atoms with van der Waals surface area (Å²) in [6.45, 7) is 5.10. The van der Waals surface area contributed by atoms with E-state index in [0.29, 0.717) is 6.42 Å². The zero-order valence-corrected chi connectivity index (χ0v) is 15.8. The van der Waals surface area contributed by atoms with Crippen molar-refractivity contribution in [2.45, 2.75) is 70.2 Å². The molecule has 150 valence electrons. The van der Waals surface area contributed by atoms with E-state index in [2.05, 4.69) is 10.6 Å². The van der Waals surface area contributed by atoms with Crippen molar-refractivity contribution in [3.8, 4) is 0 Å². The SMILES string of the molecule is CC(C)(C)OC(=O)N[C@@H]1CC[C@@H](NC(=O)OCc2ccccc2)C(F)(F)C1. The second-order valence-electron chi connectivity index (χ2n) is 7.64. The summed E-state index contributed by atoms with van der Waals surface area (Å²) in [6, 6.07) is 6.91. The van der Waals surface area contributed by atoms with Crippen LogP contribution in [0.2, 0.25) is 0 Å². The molecule has 1 saturated carbocycles. The summed E-state index contributed by atoms with van der Waals surface area (Å²) in [5.41, 5.74) is 0.0677. The molecule has 1 aromatic carbocycles. The largest absolute Gasteiger partial charge is 0.445 e. The van der Waals surface area contributed by atoms with Crippen molar-refractivity contribution in [2.24, 2.45) is 0 Å². The van der Waals surface area contributed by atoms with E-state index in [1.165, 1.54) is 0 Å². The Kier molecular flexibility index (Phi) is 6.62. The van der Waals surface area contributed by atoms with Crippen LogP contribution in [0.15, 0.2) is 30.3 Å². The molecule has 0 radical (unpaired) electrons. The number of amides is 2. The molecule has 6 nitrogen and oxygen atoms in total. The summed E-state index contributed by atoms with van der Waals surface area (Å²) >= 11 is 0. The molecular formula is C19H26F2N2O4. The minimum Gasteiger partial charge on any atom is -0.445 e. The van der Waals surface area contributed by atoms with Gasteiger partial charge in [-0.1, -0.05) is 30.3 Å². The normalized spacial score (nSPS) is 21.8. The Morgan fingerprint density at radius 2 is 1.78 bits per heavy atom. The summed E-state index contributed by atoms with van der Waals surface area (Å²) in [5.74, 6) is -3.16. The zero-order valence-electron chi connectivity index (χ0n) is 15.8.